The van der Waals surface area contributed by atoms with E-state index in [0.717, 1.165) is 0 Å². The Morgan fingerprint density at radius 1 is 1.24 bits per heavy atom. The van der Waals surface area contributed by atoms with E-state index in [0.29, 0.717) is 17.1 Å². The number of methoxy groups -OCH3 is 2. The Morgan fingerprint density at radius 3 is 2.59 bits per heavy atom. The number of nitrogens with zero attached hydrogens (tertiary/aromatic N) is 2. The van der Waals surface area contributed by atoms with Crippen LogP contribution in [0.5, 0.6) is 11.5 Å². The van der Waals surface area contributed by atoms with Crippen molar-refractivity contribution in [2.24, 2.45) is 0 Å². The number of ether oxygens (including phenoxy) is 2. The van der Waals surface area contributed by atoms with Crippen LogP contribution >= 0.6 is 0 Å². The van der Waals surface area contributed by atoms with Crippen molar-refractivity contribution in [1.29, 1.82) is 0 Å². The summed E-state index contributed by atoms with van der Waals surface area (Å²) in [5.74, 6) is 1.01. The Labute approximate surface area is 97.6 Å². The fourth-order valence-corrected chi connectivity index (χ4v) is 1.43. The van der Waals surface area contributed by atoms with Crippen molar-refractivity contribution < 1.29 is 14.3 Å². The molecule has 0 aliphatic rings. The van der Waals surface area contributed by atoms with E-state index < -0.39 is 0 Å². The molecule has 17 heavy (non-hydrogen) atoms. The van der Waals surface area contributed by atoms with Gasteiger partial charge >= 0.3 is 0 Å². The number of hydrogen-bond donors (Lipinski definition) is 1. The molecule has 2 aromatic rings. The van der Waals surface area contributed by atoms with Crippen molar-refractivity contribution in [3.8, 4) is 11.5 Å². The zero-order chi connectivity index (χ0) is 12.3. The van der Waals surface area contributed by atoms with Crippen LogP contribution in [-0.2, 0) is 0 Å². The third kappa shape index (κ3) is 2.10. The number of hydrogen-bond acceptors (Lipinski definition) is 5. The summed E-state index contributed by atoms with van der Waals surface area (Å²) in [6.07, 6.45) is 1.29. The number of nitrogens with one attached hydrogen (secondary N) is 1. The topological polar surface area (TPSA) is 77.1 Å². The van der Waals surface area contributed by atoms with Crippen LogP contribution in [0.15, 0.2) is 24.5 Å². The minimum atomic E-state index is -0.247. The molecule has 0 atom stereocenters. The average Bonchev–Trinajstić information content (AvgIpc) is 2.90. The van der Waals surface area contributed by atoms with Gasteiger partial charge < -0.3 is 9.47 Å². The minimum Gasteiger partial charge on any atom is -0.493 e. The molecule has 88 valence electrons. The molecule has 0 saturated heterocycles. The second-order valence-electron chi connectivity index (χ2n) is 3.23. The molecule has 6 nitrogen and oxygen atoms in total. The van der Waals surface area contributed by atoms with Crippen LogP contribution < -0.4 is 9.47 Å². The number of aromatic nitrogens is 3. The third-order valence-corrected chi connectivity index (χ3v) is 2.28. The Balaban J connectivity index is 2.37. The molecular weight excluding hydrogens is 222 g/mol. The van der Waals surface area contributed by atoms with Gasteiger partial charge in [-0.2, -0.15) is 5.10 Å². The summed E-state index contributed by atoms with van der Waals surface area (Å²) in [6, 6.07) is 4.92. The number of rotatable bonds is 4. The van der Waals surface area contributed by atoms with E-state index in [1.54, 1.807) is 18.2 Å². The van der Waals surface area contributed by atoms with Crippen molar-refractivity contribution in [3.63, 3.8) is 0 Å². The smallest absolute Gasteiger partial charge is 0.229 e. The Hall–Kier alpha value is -2.37. The van der Waals surface area contributed by atoms with Gasteiger partial charge in [0, 0.05) is 5.56 Å². The van der Waals surface area contributed by atoms with E-state index in [2.05, 4.69) is 15.2 Å². The number of carbonyl (C=O) groups is 1. The van der Waals surface area contributed by atoms with Crippen LogP contribution in [0.25, 0.3) is 0 Å². The Morgan fingerprint density at radius 2 is 2.00 bits per heavy atom. The maximum absolute atomic E-state index is 11.9. The van der Waals surface area contributed by atoms with E-state index >= 15 is 0 Å². The van der Waals surface area contributed by atoms with Gasteiger partial charge in [-0.25, -0.2) is 4.98 Å². The van der Waals surface area contributed by atoms with Gasteiger partial charge in [-0.05, 0) is 18.2 Å². The highest BCUT2D eigenvalue weighted by molar-refractivity contribution is 6.06. The van der Waals surface area contributed by atoms with Gasteiger partial charge in [0.2, 0.25) is 5.78 Å². The summed E-state index contributed by atoms with van der Waals surface area (Å²) in [4.78, 5) is 15.7. The molecule has 1 N–H and O–H groups in total. The summed E-state index contributed by atoms with van der Waals surface area (Å²) in [7, 11) is 3.05. The first-order valence-corrected chi connectivity index (χ1v) is 4.88. The molecular formula is C11H11N3O3. The lowest BCUT2D eigenvalue weighted by atomic mass is 10.1. The average molecular weight is 233 g/mol. The predicted octanol–water partition coefficient (Wildman–Crippen LogP) is 1.05. The highest BCUT2D eigenvalue weighted by Gasteiger charge is 2.14. The van der Waals surface area contributed by atoms with Crippen LogP contribution in [0.1, 0.15) is 16.2 Å². The molecule has 0 fully saturated rings. The van der Waals surface area contributed by atoms with Crippen LogP contribution in [0.2, 0.25) is 0 Å². The van der Waals surface area contributed by atoms with Gasteiger partial charge in [0.25, 0.3) is 0 Å². The molecule has 2 rings (SSSR count). The lowest BCUT2D eigenvalue weighted by Gasteiger charge is -2.08. The first-order valence-electron chi connectivity index (χ1n) is 4.88. The summed E-state index contributed by atoms with van der Waals surface area (Å²) >= 11 is 0. The molecule has 0 radical (unpaired) electrons. The molecule has 0 bridgehead atoms. The third-order valence-electron chi connectivity index (χ3n) is 2.28. The standard InChI is InChI=1S/C11H11N3O3/c1-16-8-4-3-7(5-9(8)17-2)10(15)11-12-6-13-14-11/h3-6H,1-2H3,(H,12,13,14). The lowest BCUT2D eigenvalue weighted by molar-refractivity contribution is 0.102. The summed E-state index contributed by atoms with van der Waals surface area (Å²) < 4.78 is 10.2. The highest BCUT2D eigenvalue weighted by atomic mass is 16.5. The van der Waals surface area contributed by atoms with Gasteiger partial charge in [-0.3, -0.25) is 9.89 Å². The molecule has 6 heteroatoms. The molecule has 0 spiro atoms. The summed E-state index contributed by atoms with van der Waals surface area (Å²) in [5, 5.41) is 6.15. The molecule has 1 heterocycles. The fourth-order valence-electron chi connectivity index (χ4n) is 1.43. The van der Waals surface area contributed by atoms with E-state index in [1.807, 2.05) is 0 Å². The van der Waals surface area contributed by atoms with Gasteiger partial charge in [-0.1, -0.05) is 0 Å². The van der Waals surface area contributed by atoms with Crippen LogP contribution in [0, 0.1) is 0 Å². The highest BCUT2D eigenvalue weighted by Crippen LogP contribution is 2.28. The summed E-state index contributed by atoms with van der Waals surface area (Å²) in [5.41, 5.74) is 0.458. The van der Waals surface area contributed by atoms with Crippen molar-refractivity contribution in [2.45, 2.75) is 0 Å². The predicted molar refractivity (Wildman–Crippen MR) is 59.4 cm³/mol. The van der Waals surface area contributed by atoms with E-state index in [1.165, 1.54) is 20.5 Å². The summed E-state index contributed by atoms with van der Waals surface area (Å²) in [6.45, 7) is 0. The van der Waals surface area contributed by atoms with Crippen LogP contribution in [-0.4, -0.2) is 35.2 Å². The first kappa shape index (κ1) is 11.1. The maximum atomic E-state index is 11.9. The quantitative estimate of drug-likeness (QED) is 0.799. The van der Waals surface area contributed by atoms with Crippen LogP contribution in [0.4, 0.5) is 0 Å². The van der Waals surface area contributed by atoms with E-state index in [4.69, 9.17) is 9.47 Å². The van der Waals surface area contributed by atoms with Gasteiger partial charge in [0.05, 0.1) is 14.2 Å². The molecule has 0 amide bonds. The maximum Gasteiger partial charge on any atom is 0.229 e. The van der Waals surface area contributed by atoms with E-state index in [9.17, 15) is 4.79 Å². The molecule has 1 aromatic heterocycles. The zero-order valence-corrected chi connectivity index (χ0v) is 9.43. The number of ketones is 1. The number of carbonyl (C=O) groups excluding carboxylic acids is 1. The molecule has 0 saturated carbocycles. The molecule has 0 aliphatic carbocycles. The zero-order valence-electron chi connectivity index (χ0n) is 9.43. The van der Waals surface area contributed by atoms with E-state index in [-0.39, 0.29) is 11.6 Å². The monoisotopic (exact) mass is 233 g/mol. The second-order valence-corrected chi connectivity index (χ2v) is 3.23. The fraction of sp³-hybridized carbons (Fsp3) is 0.182. The number of benzene rings is 1. The van der Waals surface area contributed by atoms with Crippen molar-refractivity contribution in [3.05, 3.63) is 35.9 Å². The second kappa shape index (κ2) is 4.65. The van der Waals surface area contributed by atoms with Crippen molar-refractivity contribution in [2.75, 3.05) is 14.2 Å². The minimum absolute atomic E-state index is 0.192. The van der Waals surface area contributed by atoms with Crippen molar-refractivity contribution in [1.82, 2.24) is 15.2 Å². The Kier molecular flexibility index (Phi) is 3.04. The SMILES string of the molecule is COc1ccc(C(=O)c2ncn[nH]2)cc1OC. The first-order chi connectivity index (χ1) is 8.26. The molecule has 1 aromatic carbocycles. The van der Waals surface area contributed by atoms with Gasteiger partial charge in [-0.15, -0.1) is 0 Å². The lowest BCUT2D eigenvalue weighted by Crippen LogP contribution is -2.04. The van der Waals surface area contributed by atoms with Gasteiger partial charge in [0.1, 0.15) is 6.33 Å². The normalized spacial score (nSPS) is 10.0. The van der Waals surface area contributed by atoms with Gasteiger partial charge in [0.15, 0.2) is 17.3 Å². The van der Waals surface area contributed by atoms with Crippen molar-refractivity contribution >= 4 is 5.78 Å². The largest absolute Gasteiger partial charge is 0.493 e. The number of H-pyrrole nitrogens is 1. The number of aromatic amines is 1. The molecule has 0 unspecified atom stereocenters. The Bertz CT molecular complexity index is 523. The van der Waals surface area contributed by atoms with Crippen LogP contribution in [0.3, 0.4) is 0 Å². The molecule has 0 aliphatic heterocycles.